The van der Waals surface area contributed by atoms with E-state index in [-0.39, 0.29) is 18.4 Å². The lowest BCUT2D eigenvalue weighted by molar-refractivity contribution is -0.136. The molecule has 1 aliphatic heterocycles. The van der Waals surface area contributed by atoms with Crippen molar-refractivity contribution in [3.63, 3.8) is 0 Å². The third-order valence-electron chi connectivity index (χ3n) is 4.58. The van der Waals surface area contributed by atoms with Gasteiger partial charge in [-0.2, -0.15) is 0 Å². The number of anilines is 1. The Hall–Kier alpha value is -2.87. The molecule has 2 heterocycles. The Bertz CT molecular complexity index is 843. The Labute approximate surface area is 168 Å². The van der Waals surface area contributed by atoms with E-state index in [1.807, 2.05) is 36.5 Å². The van der Waals surface area contributed by atoms with E-state index in [1.165, 1.54) is 11.3 Å². The summed E-state index contributed by atoms with van der Waals surface area (Å²) in [6.07, 6.45) is 0. The average Bonchev–Trinajstić information content (AvgIpc) is 3.26. The van der Waals surface area contributed by atoms with Crippen molar-refractivity contribution in [2.45, 2.75) is 0 Å². The van der Waals surface area contributed by atoms with Gasteiger partial charge in [-0.15, -0.1) is 11.3 Å². The number of amides is 2. The van der Waals surface area contributed by atoms with E-state index in [0.29, 0.717) is 36.6 Å². The highest BCUT2D eigenvalue weighted by Gasteiger charge is 2.25. The van der Waals surface area contributed by atoms with E-state index >= 15 is 0 Å². The first-order valence-electron chi connectivity index (χ1n) is 9.01. The maximum Gasteiger partial charge on any atom is 0.338 e. The quantitative estimate of drug-likeness (QED) is 0.717. The average molecular weight is 401 g/mol. The van der Waals surface area contributed by atoms with Crippen molar-refractivity contribution in [1.82, 2.24) is 9.80 Å². The van der Waals surface area contributed by atoms with E-state index in [1.54, 1.807) is 34.1 Å². The molecule has 1 aromatic heterocycles. The maximum atomic E-state index is 12.4. The van der Waals surface area contributed by atoms with Crippen molar-refractivity contribution >= 4 is 34.8 Å². The summed E-state index contributed by atoms with van der Waals surface area (Å²) in [5.41, 5.74) is 1.29. The van der Waals surface area contributed by atoms with Gasteiger partial charge in [0.1, 0.15) is 0 Å². The zero-order chi connectivity index (χ0) is 20.1. The minimum absolute atomic E-state index is 0.00528. The minimum Gasteiger partial charge on any atom is -0.452 e. The molecule has 0 unspecified atom stereocenters. The molecule has 1 aliphatic rings. The number of nitrogens with zero attached hydrogens (tertiary/aromatic N) is 3. The van der Waals surface area contributed by atoms with Crippen LogP contribution >= 0.6 is 11.3 Å². The summed E-state index contributed by atoms with van der Waals surface area (Å²) in [6.45, 7) is 1.51. The summed E-state index contributed by atoms with van der Waals surface area (Å²) < 4.78 is 5.18. The van der Waals surface area contributed by atoms with Crippen LogP contribution in [0.25, 0.3) is 0 Å². The molecule has 0 saturated carbocycles. The lowest BCUT2D eigenvalue weighted by atomic mass is 10.2. The topological polar surface area (TPSA) is 70.2 Å². The molecule has 2 aromatic rings. The van der Waals surface area contributed by atoms with E-state index in [2.05, 4.69) is 0 Å². The standard InChI is InChI=1S/C20H23N3O4S/c1-21(2)16-6-3-5-15(13-16)20(26)27-14-18(24)22-8-10-23(11-9-22)19(25)17-7-4-12-28-17/h3-7,12-13H,8-11,14H2,1-2H3. The second-order valence-electron chi connectivity index (χ2n) is 6.67. The van der Waals surface area contributed by atoms with Crippen LogP contribution in [0.2, 0.25) is 0 Å². The number of rotatable bonds is 5. The number of carbonyl (C=O) groups excluding carboxylic acids is 3. The summed E-state index contributed by atoms with van der Waals surface area (Å²) in [5.74, 6) is -0.779. The van der Waals surface area contributed by atoms with Gasteiger partial charge in [0, 0.05) is 46.0 Å². The Kier molecular flexibility index (Phi) is 6.30. The summed E-state index contributed by atoms with van der Waals surface area (Å²) >= 11 is 1.41. The van der Waals surface area contributed by atoms with E-state index in [9.17, 15) is 14.4 Å². The minimum atomic E-state index is -0.524. The van der Waals surface area contributed by atoms with Crippen LogP contribution in [-0.2, 0) is 9.53 Å². The summed E-state index contributed by atoms with van der Waals surface area (Å²) in [7, 11) is 3.77. The van der Waals surface area contributed by atoms with Gasteiger partial charge in [-0.05, 0) is 29.6 Å². The number of piperazine rings is 1. The number of thiophene rings is 1. The lowest BCUT2D eigenvalue weighted by Gasteiger charge is -2.34. The molecule has 1 saturated heterocycles. The van der Waals surface area contributed by atoms with Gasteiger partial charge in [-0.3, -0.25) is 9.59 Å². The third kappa shape index (κ3) is 4.69. The van der Waals surface area contributed by atoms with Crippen LogP contribution in [0.15, 0.2) is 41.8 Å². The first kappa shape index (κ1) is 19.9. The number of carbonyl (C=O) groups is 3. The number of hydrogen-bond donors (Lipinski definition) is 0. The zero-order valence-corrected chi connectivity index (χ0v) is 16.8. The molecule has 0 N–H and O–H groups in total. The highest BCUT2D eigenvalue weighted by atomic mass is 32.1. The fourth-order valence-electron chi connectivity index (χ4n) is 2.93. The molecule has 148 valence electrons. The molecule has 3 rings (SSSR count). The van der Waals surface area contributed by atoms with Gasteiger partial charge in [-0.1, -0.05) is 12.1 Å². The molecule has 1 aromatic carbocycles. The molecule has 0 aliphatic carbocycles. The summed E-state index contributed by atoms with van der Waals surface area (Å²) in [5, 5.41) is 1.87. The highest BCUT2D eigenvalue weighted by Crippen LogP contribution is 2.15. The predicted octanol–water partition coefficient (Wildman–Crippen LogP) is 1.96. The monoisotopic (exact) mass is 401 g/mol. The molecular formula is C20H23N3O4S. The second kappa shape index (κ2) is 8.88. The van der Waals surface area contributed by atoms with Gasteiger partial charge in [0.25, 0.3) is 11.8 Å². The highest BCUT2D eigenvalue weighted by molar-refractivity contribution is 7.12. The second-order valence-corrected chi connectivity index (χ2v) is 7.62. The first-order valence-corrected chi connectivity index (χ1v) is 9.89. The molecule has 7 nitrogen and oxygen atoms in total. The molecule has 0 spiro atoms. The van der Waals surface area contributed by atoms with Crippen molar-refractivity contribution in [2.75, 3.05) is 51.8 Å². The van der Waals surface area contributed by atoms with E-state index in [0.717, 1.165) is 5.69 Å². The van der Waals surface area contributed by atoms with Crippen molar-refractivity contribution in [3.05, 3.63) is 52.2 Å². The number of hydrogen-bond acceptors (Lipinski definition) is 6. The molecular weight excluding hydrogens is 378 g/mol. The van der Waals surface area contributed by atoms with Crippen LogP contribution in [0.1, 0.15) is 20.0 Å². The largest absolute Gasteiger partial charge is 0.452 e. The van der Waals surface area contributed by atoms with Crippen molar-refractivity contribution in [1.29, 1.82) is 0 Å². The Morgan fingerprint density at radius 3 is 2.39 bits per heavy atom. The van der Waals surface area contributed by atoms with Crippen molar-refractivity contribution < 1.29 is 19.1 Å². The molecule has 0 radical (unpaired) electrons. The SMILES string of the molecule is CN(C)c1cccc(C(=O)OCC(=O)N2CCN(C(=O)c3cccs3)CC2)c1. The van der Waals surface area contributed by atoms with Gasteiger partial charge in [0.05, 0.1) is 10.4 Å². The molecule has 1 fully saturated rings. The smallest absolute Gasteiger partial charge is 0.338 e. The van der Waals surface area contributed by atoms with Crippen LogP contribution in [0.5, 0.6) is 0 Å². The Morgan fingerprint density at radius 2 is 1.75 bits per heavy atom. The third-order valence-corrected chi connectivity index (χ3v) is 5.43. The van der Waals surface area contributed by atoms with Crippen LogP contribution in [-0.4, -0.2) is 74.5 Å². The fourth-order valence-corrected chi connectivity index (χ4v) is 3.62. The Balaban J connectivity index is 1.47. The summed E-state index contributed by atoms with van der Waals surface area (Å²) in [4.78, 5) is 42.9. The van der Waals surface area contributed by atoms with E-state index < -0.39 is 5.97 Å². The van der Waals surface area contributed by atoms with Gasteiger partial charge >= 0.3 is 5.97 Å². The number of esters is 1. The van der Waals surface area contributed by atoms with Gasteiger partial charge in [0.2, 0.25) is 0 Å². The van der Waals surface area contributed by atoms with Gasteiger partial charge in [-0.25, -0.2) is 4.79 Å². The molecule has 2 amide bonds. The van der Waals surface area contributed by atoms with Gasteiger partial charge < -0.3 is 19.4 Å². The zero-order valence-electron chi connectivity index (χ0n) is 16.0. The molecule has 28 heavy (non-hydrogen) atoms. The Morgan fingerprint density at radius 1 is 1.04 bits per heavy atom. The number of benzene rings is 1. The molecule has 8 heteroatoms. The first-order chi connectivity index (χ1) is 13.5. The normalized spacial score (nSPS) is 13.9. The molecule has 0 bridgehead atoms. The number of ether oxygens (including phenoxy) is 1. The van der Waals surface area contributed by atoms with Gasteiger partial charge in [0.15, 0.2) is 6.61 Å². The van der Waals surface area contributed by atoms with Crippen LogP contribution in [0, 0.1) is 0 Å². The van der Waals surface area contributed by atoms with E-state index in [4.69, 9.17) is 4.74 Å². The summed E-state index contributed by atoms with van der Waals surface area (Å²) in [6, 6.07) is 10.7. The molecule has 0 atom stereocenters. The van der Waals surface area contributed by atoms with Crippen molar-refractivity contribution in [2.24, 2.45) is 0 Å². The van der Waals surface area contributed by atoms with Crippen LogP contribution in [0.3, 0.4) is 0 Å². The maximum absolute atomic E-state index is 12.4. The van der Waals surface area contributed by atoms with Crippen molar-refractivity contribution in [3.8, 4) is 0 Å². The van der Waals surface area contributed by atoms with Crippen LogP contribution < -0.4 is 4.90 Å². The fraction of sp³-hybridized carbons (Fsp3) is 0.350. The predicted molar refractivity (Wildman–Crippen MR) is 108 cm³/mol. The van der Waals surface area contributed by atoms with Crippen LogP contribution in [0.4, 0.5) is 5.69 Å². The lowest BCUT2D eigenvalue weighted by Crippen LogP contribution is -2.51.